The molecule has 7 nitrogen and oxygen atoms in total. The van der Waals surface area contributed by atoms with Crippen molar-refractivity contribution in [2.45, 2.75) is 16.7 Å². The lowest BCUT2D eigenvalue weighted by molar-refractivity contribution is -0.113. The van der Waals surface area contributed by atoms with Crippen LogP contribution in [-0.4, -0.2) is 31.7 Å². The fourth-order valence-corrected chi connectivity index (χ4v) is 5.60. The predicted octanol–water partition coefficient (Wildman–Crippen LogP) is 5.74. The molecule has 35 heavy (non-hydrogen) atoms. The van der Waals surface area contributed by atoms with E-state index in [2.05, 4.69) is 15.0 Å². The number of carbonyl (C=O) groups is 1. The van der Waals surface area contributed by atoms with Crippen molar-refractivity contribution in [2.24, 2.45) is 0 Å². The molecule has 0 atom stereocenters. The standard InChI is InChI=1S/C25H23N3O4S3/c1-2-32-20-12-8-18(9-13-20)23-16-34-25(26-23)27-24(29)17-33-21-14-10-19(11-15-21)28-35(30,31)22-6-4-3-5-7-22/h3-16,28H,2,17H2,1H3,(H,26,27,29). The average molecular weight is 526 g/mol. The Balaban J connectivity index is 1.28. The Morgan fingerprint density at radius 2 is 1.71 bits per heavy atom. The van der Waals surface area contributed by atoms with Crippen LogP contribution in [0.15, 0.2) is 94.0 Å². The van der Waals surface area contributed by atoms with E-state index < -0.39 is 10.0 Å². The summed E-state index contributed by atoms with van der Waals surface area (Å²) in [7, 11) is -3.64. The first kappa shape index (κ1) is 24.8. The predicted molar refractivity (Wildman–Crippen MR) is 142 cm³/mol. The number of nitrogens with one attached hydrogen (secondary N) is 2. The minimum absolute atomic E-state index is 0.170. The zero-order chi connectivity index (χ0) is 24.7. The van der Waals surface area contributed by atoms with Gasteiger partial charge in [-0.3, -0.25) is 9.52 Å². The summed E-state index contributed by atoms with van der Waals surface area (Å²) in [4.78, 5) is 17.9. The Hall–Kier alpha value is -3.34. The monoisotopic (exact) mass is 525 g/mol. The van der Waals surface area contributed by atoms with Gasteiger partial charge in [-0.15, -0.1) is 23.1 Å². The highest BCUT2D eigenvalue weighted by molar-refractivity contribution is 8.00. The van der Waals surface area contributed by atoms with E-state index >= 15 is 0 Å². The molecule has 0 saturated heterocycles. The molecular weight excluding hydrogens is 502 g/mol. The summed E-state index contributed by atoms with van der Waals surface area (Å²) >= 11 is 2.72. The number of nitrogens with zero attached hydrogens (tertiary/aromatic N) is 1. The largest absolute Gasteiger partial charge is 0.494 e. The maximum absolute atomic E-state index is 12.4. The number of thiazole rings is 1. The van der Waals surface area contributed by atoms with E-state index in [1.165, 1.54) is 35.2 Å². The lowest BCUT2D eigenvalue weighted by Crippen LogP contribution is -2.14. The summed E-state index contributed by atoms with van der Waals surface area (Å²) in [5.74, 6) is 0.836. The molecule has 4 aromatic rings. The van der Waals surface area contributed by atoms with Crippen molar-refractivity contribution in [1.29, 1.82) is 0 Å². The van der Waals surface area contributed by atoms with Crippen LogP contribution in [0.2, 0.25) is 0 Å². The van der Waals surface area contributed by atoms with Crippen molar-refractivity contribution in [3.8, 4) is 17.0 Å². The number of ether oxygens (including phenoxy) is 1. The molecule has 1 heterocycles. The van der Waals surface area contributed by atoms with Gasteiger partial charge >= 0.3 is 0 Å². The van der Waals surface area contributed by atoms with Gasteiger partial charge in [0, 0.05) is 21.5 Å². The first-order valence-electron chi connectivity index (χ1n) is 10.7. The maximum Gasteiger partial charge on any atom is 0.261 e. The number of rotatable bonds is 10. The second kappa shape index (κ2) is 11.4. The molecule has 3 aromatic carbocycles. The third-order valence-electron chi connectivity index (χ3n) is 4.74. The molecule has 0 fully saturated rings. The van der Waals surface area contributed by atoms with Crippen molar-refractivity contribution in [3.05, 3.63) is 84.2 Å². The Kier molecular flexibility index (Phi) is 8.06. The molecule has 10 heteroatoms. The van der Waals surface area contributed by atoms with E-state index in [0.29, 0.717) is 17.4 Å². The second-order valence-electron chi connectivity index (χ2n) is 7.28. The quantitative estimate of drug-likeness (QED) is 0.256. The average Bonchev–Trinajstić information content (AvgIpc) is 3.33. The molecule has 0 radical (unpaired) electrons. The van der Waals surface area contributed by atoms with E-state index in [-0.39, 0.29) is 16.6 Å². The molecule has 1 amide bonds. The number of thioether (sulfide) groups is 1. The smallest absolute Gasteiger partial charge is 0.261 e. The van der Waals surface area contributed by atoms with Crippen LogP contribution in [0.3, 0.4) is 0 Å². The Labute approximate surface area is 212 Å². The lowest BCUT2D eigenvalue weighted by atomic mass is 10.2. The van der Waals surface area contributed by atoms with Gasteiger partial charge in [0.15, 0.2) is 5.13 Å². The van der Waals surface area contributed by atoms with Crippen LogP contribution < -0.4 is 14.8 Å². The second-order valence-corrected chi connectivity index (χ2v) is 10.9. The SMILES string of the molecule is CCOc1ccc(-c2csc(NC(=O)CSc3ccc(NS(=O)(=O)c4ccccc4)cc3)n2)cc1. The summed E-state index contributed by atoms with van der Waals surface area (Å²) in [6.45, 7) is 2.55. The highest BCUT2D eigenvalue weighted by atomic mass is 32.2. The Morgan fingerprint density at radius 1 is 1.00 bits per heavy atom. The van der Waals surface area contributed by atoms with E-state index in [4.69, 9.17) is 4.74 Å². The number of hydrogen-bond acceptors (Lipinski definition) is 7. The molecule has 0 aliphatic carbocycles. The summed E-state index contributed by atoms with van der Waals surface area (Å²) in [6.07, 6.45) is 0. The van der Waals surface area contributed by atoms with Crippen molar-refractivity contribution in [2.75, 3.05) is 22.4 Å². The van der Waals surface area contributed by atoms with Crippen molar-refractivity contribution in [1.82, 2.24) is 4.98 Å². The van der Waals surface area contributed by atoms with Gasteiger partial charge in [0.25, 0.3) is 10.0 Å². The number of carbonyl (C=O) groups excluding carboxylic acids is 1. The van der Waals surface area contributed by atoms with Gasteiger partial charge in [-0.25, -0.2) is 13.4 Å². The number of benzene rings is 3. The van der Waals surface area contributed by atoms with Crippen LogP contribution in [0, 0.1) is 0 Å². The first-order chi connectivity index (χ1) is 16.9. The van der Waals surface area contributed by atoms with Crippen molar-refractivity contribution < 1.29 is 17.9 Å². The van der Waals surface area contributed by atoms with Crippen LogP contribution in [0.25, 0.3) is 11.3 Å². The number of sulfonamides is 1. The van der Waals surface area contributed by atoms with Gasteiger partial charge in [-0.05, 0) is 67.6 Å². The van der Waals surface area contributed by atoms with Crippen molar-refractivity contribution in [3.63, 3.8) is 0 Å². The van der Waals surface area contributed by atoms with E-state index in [1.807, 2.05) is 36.6 Å². The normalized spacial score (nSPS) is 11.1. The lowest BCUT2D eigenvalue weighted by Gasteiger charge is -2.09. The zero-order valence-corrected chi connectivity index (χ0v) is 21.3. The molecule has 0 spiro atoms. The number of anilines is 2. The third-order valence-corrected chi connectivity index (χ3v) is 7.91. The van der Waals surface area contributed by atoms with E-state index in [9.17, 15) is 13.2 Å². The van der Waals surface area contributed by atoms with Gasteiger partial charge in [-0.2, -0.15) is 0 Å². The van der Waals surface area contributed by atoms with Gasteiger partial charge in [0.05, 0.1) is 22.9 Å². The zero-order valence-electron chi connectivity index (χ0n) is 18.8. The minimum atomic E-state index is -3.64. The molecule has 0 aliphatic rings. The third kappa shape index (κ3) is 6.84. The Bertz CT molecular complexity index is 1370. The fraction of sp³-hybridized carbons (Fsp3) is 0.120. The summed E-state index contributed by atoms with van der Waals surface area (Å²) < 4.78 is 32.9. The van der Waals surface area contributed by atoms with Gasteiger partial charge in [-0.1, -0.05) is 18.2 Å². The molecule has 180 valence electrons. The fourth-order valence-electron chi connectivity index (χ4n) is 3.09. The highest BCUT2D eigenvalue weighted by Gasteiger charge is 2.13. The van der Waals surface area contributed by atoms with Gasteiger partial charge in [0.2, 0.25) is 5.91 Å². The molecule has 0 bridgehead atoms. The summed E-state index contributed by atoms with van der Waals surface area (Å²) in [6, 6.07) is 22.7. The molecule has 4 rings (SSSR count). The maximum atomic E-state index is 12.4. The number of hydrogen-bond donors (Lipinski definition) is 2. The highest BCUT2D eigenvalue weighted by Crippen LogP contribution is 2.27. The topological polar surface area (TPSA) is 97.4 Å². The molecule has 0 aliphatic heterocycles. The molecule has 2 N–H and O–H groups in total. The number of aromatic nitrogens is 1. The molecule has 0 unspecified atom stereocenters. The minimum Gasteiger partial charge on any atom is -0.494 e. The van der Waals surface area contributed by atoms with Crippen LogP contribution >= 0.6 is 23.1 Å². The molecule has 1 aromatic heterocycles. The van der Waals surface area contributed by atoms with Gasteiger partial charge in [0.1, 0.15) is 5.75 Å². The molecule has 0 saturated carbocycles. The number of amides is 1. The van der Waals surface area contributed by atoms with Crippen LogP contribution in [-0.2, 0) is 14.8 Å². The summed E-state index contributed by atoms with van der Waals surface area (Å²) in [5, 5.41) is 5.25. The van der Waals surface area contributed by atoms with Crippen LogP contribution in [0.5, 0.6) is 5.75 Å². The van der Waals surface area contributed by atoms with Gasteiger partial charge < -0.3 is 10.1 Å². The Morgan fingerprint density at radius 3 is 2.40 bits per heavy atom. The van der Waals surface area contributed by atoms with Crippen LogP contribution in [0.1, 0.15) is 6.92 Å². The van der Waals surface area contributed by atoms with Crippen LogP contribution in [0.4, 0.5) is 10.8 Å². The first-order valence-corrected chi connectivity index (χ1v) is 14.1. The van der Waals surface area contributed by atoms with E-state index in [0.717, 1.165) is 21.9 Å². The summed E-state index contributed by atoms with van der Waals surface area (Å²) in [5.41, 5.74) is 2.18. The van der Waals surface area contributed by atoms with Crippen molar-refractivity contribution >= 4 is 49.8 Å². The molecular formula is C25H23N3O4S3. The van der Waals surface area contributed by atoms with E-state index in [1.54, 1.807) is 42.5 Å².